The van der Waals surface area contributed by atoms with Crippen LogP contribution in [0.15, 0.2) is 24.3 Å². The Hall–Kier alpha value is -0.795. The van der Waals surface area contributed by atoms with Gasteiger partial charge in [-0.05, 0) is 101 Å². The van der Waals surface area contributed by atoms with Crippen LogP contribution < -0.4 is 5.46 Å². The van der Waals surface area contributed by atoms with Crippen molar-refractivity contribution < 1.29 is 9.31 Å². The van der Waals surface area contributed by atoms with Gasteiger partial charge < -0.3 is 9.31 Å². The molecule has 178 valence electrons. The molecule has 4 rings (SSSR count). The largest absolute Gasteiger partial charge is 0.494 e. The van der Waals surface area contributed by atoms with Crippen molar-refractivity contribution in [1.82, 2.24) is 0 Å². The molecular formula is C29H47BO2. The first-order valence-corrected chi connectivity index (χ1v) is 13.7. The van der Waals surface area contributed by atoms with Crippen molar-refractivity contribution in [3.63, 3.8) is 0 Å². The lowest BCUT2D eigenvalue weighted by atomic mass is 9.67. The van der Waals surface area contributed by atoms with Gasteiger partial charge in [0.25, 0.3) is 0 Å². The van der Waals surface area contributed by atoms with E-state index in [1.807, 2.05) is 0 Å². The Labute approximate surface area is 198 Å². The Kier molecular flexibility index (Phi) is 7.77. The Morgan fingerprint density at radius 1 is 0.750 bits per heavy atom. The summed E-state index contributed by atoms with van der Waals surface area (Å²) in [4.78, 5) is 0. The molecule has 3 aliphatic rings. The van der Waals surface area contributed by atoms with E-state index in [4.69, 9.17) is 9.31 Å². The highest BCUT2D eigenvalue weighted by Gasteiger charge is 2.51. The average Bonchev–Trinajstić information content (AvgIpc) is 3.01. The van der Waals surface area contributed by atoms with E-state index in [1.54, 1.807) is 0 Å². The van der Waals surface area contributed by atoms with Crippen molar-refractivity contribution in [3.8, 4) is 0 Å². The van der Waals surface area contributed by atoms with Crippen LogP contribution in [0.1, 0.15) is 123 Å². The predicted molar refractivity (Wildman–Crippen MR) is 136 cm³/mol. The van der Waals surface area contributed by atoms with Crippen molar-refractivity contribution in [2.45, 2.75) is 129 Å². The van der Waals surface area contributed by atoms with Crippen molar-refractivity contribution in [3.05, 3.63) is 29.8 Å². The molecule has 2 nitrogen and oxygen atoms in total. The van der Waals surface area contributed by atoms with Crippen LogP contribution in [0.25, 0.3) is 0 Å². The summed E-state index contributed by atoms with van der Waals surface area (Å²) in [6, 6.07) is 9.16. The van der Waals surface area contributed by atoms with E-state index < -0.39 is 0 Å². The average molecular weight is 439 g/mol. The molecule has 1 aromatic carbocycles. The molecule has 1 heterocycles. The van der Waals surface area contributed by atoms with Crippen LogP contribution >= 0.6 is 0 Å². The number of hydrogen-bond acceptors (Lipinski definition) is 2. The maximum Gasteiger partial charge on any atom is 0.494 e. The first kappa shape index (κ1) is 24.3. The van der Waals surface area contributed by atoms with Gasteiger partial charge in [0.15, 0.2) is 0 Å². The molecule has 0 spiro atoms. The van der Waals surface area contributed by atoms with Gasteiger partial charge in [0.05, 0.1) is 11.2 Å². The number of benzene rings is 1. The predicted octanol–water partition coefficient (Wildman–Crippen LogP) is 7.65. The Balaban J connectivity index is 1.24. The molecule has 0 atom stereocenters. The molecule has 1 aliphatic heterocycles. The summed E-state index contributed by atoms with van der Waals surface area (Å²) in [5, 5.41) is 0. The molecule has 0 radical (unpaired) electrons. The van der Waals surface area contributed by atoms with Crippen LogP contribution in [0, 0.1) is 17.8 Å². The van der Waals surface area contributed by atoms with Crippen LogP contribution in [0.3, 0.4) is 0 Å². The molecule has 2 aliphatic carbocycles. The topological polar surface area (TPSA) is 18.5 Å². The second-order valence-electron chi connectivity index (χ2n) is 12.1. The third-order valence-corrected chi connectivity index (χ3v) is 9.48. The summed E-state index contributed by atoms with van der Waals surface area (Å²) in [6.07, 6.45) is 17.4. The highest BCUT2D eigenvalue weighted by Crippen LogP contribution is 2.44. The fourth-order valence-electron chi connectivity index (χ4n) is 6.46. The van der Waals surface area contributed by atoms with Gasteiger partial charge in [-0.2, -0.15) is 0 Å². The molecule has 0 N–H and O–H groups in total. The van der Waals surface area contributed by atoms with Gasteiger partial charge in [-0.25, -0.2) is 0 Å². The molecule has 1 aromatic rings. The van der Waals surface area contributed by atoms with Crippen LogP contribution in [0.2, 0.25) is 0 Å². The number of rotatable bonds is 7. The second-order valence-corrected chi connectivity index (χ2v) is 12.1. The molecule has 3 heteroatoms. The van der Waals surface area contributed by atoms with Crippen molar-refractivity contribution in [2.24, 2.45) is 17.8 Å². The Morgan fingerprint density at radius 2 is 1.28 bits per heavy atom. The van der Waals surface area contributed by atoms with Gasteiger partial charge >= 0.3 is 7.12 Å². The molecule has 32 heavy (non-hydrogen) atoms. The van der Waals surface area contributed by atoms with Crippen molar-refractivity contribution in [2.75, 3.05) is 0 Å². The molecule has 1 saturated heterocycles. The molecule has 3 fully saturated rings. The second kappa shape index (κ2) is 10.2. The summed E-state index contributed by atoms with van der Waals surface area (Å²) in [7, 11) is -0.248. The fraction of sp³-hybridized carbons (Fsp3) is 0.793. The number of hydrogen-bond donors (Lipinski definition) is 0. The lowest BCUT2D eigenvalue weighted by molar-refractivity contribution is 0.00578. The summed E-state index contributed by atoms with van der Waals surface area (Å²) in [5.41, 5.74) is 2.12. The van der Waals surface area contributed by atoms with E-state index in [1.165, 1.54) is 82.6 Å². The Bertz CT molecular complexity index is 693. The van der Waals surface area contributed by atoms with Crippen LogP contribution in [-0.4, -0.2) is 18.3 Å². The SMILES string of the molecule is CCCCCC1CCC(C2CCC(c3ccc(B4OC(C)(C)C(C)(C)O4)cc3)CC2)CC1. The van der Waals surface area contributed by atoms with Gasteiger partial charge in [0.1, 0.15) is 0 Å². The molecule has 0 bridgehead atoms. The first-order valence-electron chi connectivity index (χ1n) is 13.7. The third kappa shape index (κ3) is 5.46. The summed E-state index contributed by atoms with van der Waals surface area (Å²) < 4.78 is 12.5. The minimum atomic E-state index is -0.274. The lowest BCUT2D eigenvalue weighted by Gasteiger charge is -2.38. The minimum absolute atomic E-state index is 0.248. The molecular weight excluding hydrogens is 391 g/mol. The van der Waals surface area contributed by atoms with Gasteiger partial charge in [-0.3, -0.25) is 0 Å². The quantitative estimate of drug-likeness (QED) is 0.322. The first-order chi connectivity index (χ1) is 15.3. The van der Waals surface area contributed by atoms with E-state index in [-0.39, 0.29) is 18.3 Å². The fourth-order valence-corrected chi connectivity index (χ4v) is 6.46. The summed E-state index contributed by atoms with van der Waals surface area (Å²) in [5.74, 6) is 3.79. The highest BCUT2D eigenvalue weighted by molar-refractivity contribution is 6.62. The zero-order valence-corrected chi connectivity index (χ0v) is 21.5. The van der Waals surface area contributed by atoms with Gasteiger partial charge in [0, 0.05) is 0 Å². The van der Waals surface area contributed by atoms with Crippen LogP contribution in [0.5, 0.6) is 0 Å². The monoisotopic (exact) mass is 438 g/mol. The maximum atomic E-state index is 6.23. The normalized spacial score (nSPS) is 32.2. The van der Waals surface area contributed by atoms with E-state index in [2.05, 4.69) is 58.9 Å². The zero-order chi connectivity index (χ0) is 22.8. The lowest BCUT2D eigenvalue weighted by Crippen LogP contribution is -2.41. The molecule has 0 aromatic heterocycles. The van der Waals surface area contributed by atoms with Crippen LogP contribution in [-0.2, 0) is 9.31 Å². The Morgan fingerprint density at radius 3 is 1.81 bits per heavy atom. The van der Waals surface area contributed by atoms with Gasteiger partial charge in [-0.15, -0.1) is 0 Å². The van der Waals surface area contributed by atoms with E-state index in [0.29, 0.717) is 0 Å². The van der Waals surface area contributed by atoms with Gasteiger partial charge in [-0.1, -0.05) is 69.7 Å². The molecule has 0 amide bonds. The molecule has 0 unspecified atom stereocenters. The van der Waals surface area contributed by atoms with E-state index in [0.717, 1.165) is 29.1 Å². The minimum Gasteiger partial charge on any atom is -0.399 e. The van der Waals surface area contributed by atoms with Gasteiger partial charge in [0.2, 0.25) is 0 Å². The highest BCUT2D eigenvalue weighted by atomic mass is 16.7. The summed E-state index contributed by atoms with van der Waals surface area (Å²) in [6.45, 7) is 10.8. The van der Waals surface area contributed by atoms with Crippen molar-refractivity contribution >= 4 is 12.6 Å². The zero-order valence-electron chi connectivity index (χ0n) is 21.5. The van der Waals surface area contributed by atoms with E-state index in [9.17, 15) is 0 Å². The third-order valence-electron chi connectivity index (χ3n) is 9.48. The standard InChI is InChI=1S/C29H47BO2/c1-6-7-8-9-22-10-12-23(13-11-22)24-14-16-25(17-15-24)26-18-20-27(21-19-26)30-31-28(2,3)29(4,5)32-30/h18-25H,6-17H2,1-5H3. The maximum absolute atomic E-state index is 6.23. The van der Waals surface area contributed by atoms with E-state index >= 15 is 0 Å². The number of unbranched alkanes of at least 4 members (excludes halogenated alkanes) is 2. The smallest absolute Gasteiger partial charge is 0.399 e. The van der Waals surface area contributed by atoms with Crippen LogP contribution in [0.4, 0.5) is 0 Å². The van der Waals surface area contributed by atoms with Crippen molar-refractivity contribution in [1.29, 1.82) is 0 Å². The summed E-state index contributed by atoms with van der Waals surface area (Å²) >= 11 is 0. The molecule has 2 saturated carbocycles.